The standard InChI is InChI=1S/C12H8NSe/c1-3-7-11-9(5-1)13-10-6-2-4-8-12(10)14-11/h1-8H. The monoisotopic (exact) mass is 246 g/mol. The van der Waals surface area contributed by atoms with Gasteiger partial charge in [-0.05, 0) is 0 Å². The van der Waals surface area contributed by atoms with E-state index < -0.39 is 0 Å². The van der Waals surface area contributed by atoms with Gasteiger partial charge in [0.05, 0.1) is 0 Å². The van der Waals surface area contributed by atoms with Crippen molar-refractivity contribution in [3.8, 4) is 0 Å². The molecular weight excluding hydrogens is 237 g/mol. The van der Waals surface area contributed by atoms with Crippen molar-refractivity contribution in [3.63, 3.8) is 0 Å². The van der Waals surface area contributed by atoms with Crippen LogP contribution in [0.25, 0.3) is 0 Å². The van der Waals surface area contributed by atoms with Crippen LogP contribution in [0.4, 0.5) is 11.4 Å². The van der Waals surface area contributed by atoms with Gasteiger partial charge in [0.2, 0.25) is 0 Å². The zero-order chi connectivity index (χ0) is 9.38. The van der Waals surface area contributed by atoms with Gasteiger partial charge in [-0.15, -0.1) is 0 Å². The summed E-state index contributed by atoms with van der Waals surface area (Å²) in [5, 5.41) is 4.62. The summed E-state index contributed by atoms with van der Waals surface area (Å²) in [5.74, 6) is 0. The maximum atomic E-state index is 4.62. The summed E-state index contributed by atoms with van der Waals surface area (Å²) < 4.78 is 2.78. The summed E-state index contributed by atoms with van der Waals surface area (Å²) in [7, 11) is 0. The van der Waals surface area contributed by atoms with Gasteiger partial charge in [0.1, 0.15) is 0 Å². The van der Waals surface area contributed by atoms with E-state index in [9.17, 15) is 0 Å². The van der Waals surface area contributed by atoms with Crippen molar-refractivity contribution in [1.29, 1.82) is 0 Å². The number of benzene rings is 2. The number of rotatable bonds is 0. The molecule has 67 valence electrons. The number of fused-ring (bicyclic) bond motifs is 2. The van der Waals surface area contributed by atoms with E-state index in [-0.39, 0.29) is 0 Å². The molecular formula is C12H8NSe. The van der Waals surface area contributed by atoms with Crippen LogP contribution in [0.1, 0.15) is 0 Å². The van der Waals surface area contributed by atoms with E-state index in [4.69, 9.17) is 0 Å². The van der Waals surface area contributed by atoms with Crippen molar-refractivity contribution in [2.45, 2.75) is 0 Å². The van der Waals surface area contributed by atoms with Crippen molar-refractivity contribution >= 4 is 35.3 Å². The van der Waals surface area contributed by atoms with Gasteiger partial charge in [-0.25, -0.2) is 0 Å². The van der Waals surface area contributed by atoms with E-state index >= 15 is 0 Å². The fraction of sp³-hybridized carbons (Fsp3) is 0. The third-order valence-corrected chi connectivity index (χ3v) is 4.56. The van der Waals surface area contributed by atoms with Crippen molar-refractivity contribution in [3.05, 3.63) is 48.5 Å². The summed E-state index contributed by atoms with van der Waals surface area (Å²) in [4.78, 5) is 0. The van der Waals surface area contributed by atoms with Crippen LogP contribution < -0.4 is 14.2 Å². The molecule has 0 unspecified atom stereocenters. The summed E-state index contributed by atoms with van der Waals surface area (Å²) in [6.45, 7) is 0. The number of hydrogen-bond acceptors (Lipinski definition) is 0. The Balaban J connectivity index is 2.12. The van der Waals surface area contributed by atoms with Crippen molar-refractivity contribution in [2.24, 2.45) is 0 Å². The third-order valence-electron chi connectivity index (χ3n) is 2.19. The first-order valence-electron chi connectivity index (χ1n) is 4.51. The Bertz CT molecular complexity index is 392. The number of nitrogens with zero attached hydrogens (tertiary/aromatic N) is 1. The molecule has 0 saturated heterocycles. The maximum absolute atomic E-state index is 4.62. The molecule has 0 saturated carbocycles. The van der Waals surface area contributed by atoms with E-state index in [1.54, 1.807) is 0 Å². The van der Waals surface area contributed by atoms with Crippen molar-refractivity contribution in [1.82, 2.24) is 5.32 Å². The Morgan fingerprint density at radius 3 is 1.79 bits per heavy atom. The third kappa shape index (κ3) is 1.24. The second-order valence-electron chi connectivity index (χ2n) is 3.15. The van der Waals surface area contributed by atoms with Crippen LogP contribution in [-0.2, 0) is 0 Å². The van der Waals surface area contributed by atoms with Crippen LogP contribution >= 0.6 is 0 Å². The molecule has 1 radical (unpaired) electrons. The van der Waals surface area contributed by atoms with Crippen LogP contribution in [0.15, 0.2) is 48.5 Å². The Morgan fingerprint density at radius 1 is 0.714 bits per heavy atom. The molecule has 2 aromatic rings. The molecule has 3 rings (SSSR count). The molecule has 1 aliphatic rings. The van der Waals surface area contributed by atoms with Crippen molar-refractivity contribution < 1.29 is 0 Å². The second kappa shape index (κ2) is 3.16. The predicted molar refractivity (Wildman–Crippen MR) is 59.4 cm³/mol. The molecule has 14 heavy (non-hydrogen) atoms. The van der Waals surface area contributed by atoms with Crippen LogP contribution in [-0.4, -0.2) is 15.0 Å². The topological polar surface area (TPSA) is 14.1 Å². The summed E-state index contributed by atoms with van der Waals surface area (Å²) in [6.07, 6.45) is 0. The quantitative estimate of drug-likeness (QED) is 0.529. The van der Waals surface area contributed by atoms with Crippen LogP contribution in [0.2, 0.25) is 0 Å². The molecule has 1 heterocycles. The van der Waals surface area contributed by atoms with E-state index in [1.807, 2.05) is 12.1 Å². The Morgan fingerprint density at radius 2 is 1.21 bits per heavy atom. The average Bonchev–Trinajstić information content (AvgIpc) is 2.26. The van der Waals surface area contributed by atoms with E-state index in [1.165, 1.54) is 8.92 Å². The Labute approximate surface area is 89.3 Å². The molecule has 0 spiro atoms. The molecule has 1 nitrogen and oxygen atoms in total. The molecule has 0 atom stereocenters. The van der Waals surface area contributed by atoms with Gasteiger partial charge in [-0.1, -0.05) is 0 Å². The fourth-order valence-corrected chi connectivity index (χ4v) is 3.55. The molecule has 0 fully saturated rings. The van der Waals surface area contributed by atoms with Crippen LogP contribution in [0.3, 0.4) is 0 Å². The Kier molecular flexibility index (Phi) is 1.83. The summed E-state index contributed by atoms with van der Waals surface area (Å²) >= 11 is 0.426. The first kappa shape index (κ1) is 8.10. The minimum atomic E-state index is 0.426. The molecule has 0 N–H and O–H groups in total. The predicted octanol–water partition coefficient (Wildman–Crippen LogP) is 1.22. The van der Waals surface area contributed by atoms with Gasteiger partial charge < -0.3 is 0 Å². The van der Waals surface area contributed by atoms with Crippen molar-refractivity contribution in [2.75, 3.05) is 0 Å². The average molecular weight is 245 g/mol. The minimum absolute atomic E-state index is 0.426. The molecule has 0 aliphatic carbocycles. The van der Waals surface area contributed by atoms with Gasteiger partial charge in [-0.3, -0.25) is 0 Å². The molecule has 0 amide bonds. The fourth-order valence-electron chi connectivity index (χ4n) is 1.52. The van der Waals surface area contributed by atoms with E-state index in [2.05, 4.69) is 41.7 Å². The van der Waals surface area contributed by atoms with E-state index in [0.717, 1.165) is 11.4 Å². The molecule has 2 heteroatoms. The summed E-state index contributed by atoms with van der Waals surface area (Å²) in [6, 6.07) is 16.8. The number of para-hydroxylation sites is 2. The molecule has 0 aromatic heterocycles. The van der Waals surface area contributed by atoms with Gasteiger partial charge in [0.15, 0.2) is 0 Å². The normalized spacial score (nSPS) is 12.6. The van der Waals surface area contributed by atoms with Gasteiger partial charge in [0, 0.05) is 0 Å². The van der Waals surface area contributed by atoms with Crippen LogP contribution in [0, 0.1) is 0 Å². The summed E-state index contributed by atoms with van der Waals surface area (Å²) in [5.41, 5.74) is 2.29. The zero-order valence-electron chi connectivity index (χ0n) is 7.47. The number of hydrogen-bond donors (Lipinski definition) is 0. The van der Waals surface area contributed by atoms with Crippen LogP contribution in [0.5, 0.6) is 0 Å². The molecule has 2 aromatic carbocycles. The second-order valence-corrected chi connectivity index (χ2v) is 5.42. The van der Waals surface area contributed by atoms with E-state index in [0.29, 0.717) is 15.0 Å². The Hall–Kier alpha value is -1.24. The van der Waals surface area contributed by atoms with Gasteiger partial charge in [-0.2, -0.15) is 0 Å². The van der Waals surface area contributed by atoms with Gasteiger partial charge in [0.25, 0.3) is 0 Å². The molecule has 0 bridgehead atoms. The van der Waals surface area contributed by atoms with Gasteiger partial charge >= 0.3 is 89.1 Å². The first-order chi connectivity index (χ1) is 6.93. The first-order valence-corrected chi connectivity index (χ1v) is 6.22. The molecule has 1 aliphatic heterocycles. The zero-order valence-corrected chi connectivity index (χ0v) is 9.19. The SMILES string of the molecule is c1ccc2c(c1)[N]c1ccccc1[Se]2.